The molecule has 0 radical (unpaired) electrons. The fourth-order valence-electron chi connectivity index (χ4n) is 4.92. The van der Waals surface area contributed by atoms with Gasteiger partial charge in [-0.1, -0.05) is 0 Å². The first-order valence-electron chi connectivity index (χ1n) is 10.6. The average molecular weight is 477 g/mol. The van der Waals surface area contributed by atoms with Gasteiger partial charge in [0.15, 0.2) is 11.6 Å². The Morgan fingerprint density at radius 1 is 1.12 bits per heavy atom. The first kappa shape index (κ1) is 22.2. The maximum Gasteiger partial charge on any atom is 0.511 e. The van der Waals surface area contributed by atoms with E-state index < -0.39 is 51.5 Å². The highest BCUT2D eigenvalue weighted by Crippen LogP contribution is 2.37. The van der Waals surface area contributed by atoms with Crippen LogP contribution in [0.25, 0.3) is 16.6 Å². The summed E-state index contributed by atoms with van der Waals surface area (Å²) in [5, 5.41) is 8.43. The molecule has 2 fully saturated rings. The lowest BCUT2D eigenvalue weighted by molar-refractivity contribution is 0.144. The number of pyridine rings is 1. The number of carbonyl (C=O) groups is 1. The lowest BCUT2D eigenvalue weighted by Gasteiger charge is -2.40. The van der Waals surface area contributed by atoms with Crippen LogP contribution in [0.4, 0.5) is 28.0 Å². The van der Waals surface area contributed by atoms with E-state index >= 15 is 8.78 Å². The summed E-state index contributed by atoms with van der Waals surface area (Å²) >= 11 is 0. The summed E-state index contributed by atoms with van der Waals surface area (Å²) in [6, 6.07) is 3.17. The molecule has 2 aliphatic rings. The number of halogens is 4. The van der Waals surface area contributed by atoms with Crippen molar-refractivity contribution in [2.75, 3.05) is 24.5 Å². The monoisotopic (exact) mass is 477 g/mol. The molecule has 2 aromatic carbocycles. The second-order valence-corrected chi connectivity index (χ2v) is 8.51. The normalized spacial score (nSPS) is 21.8. The van der Waals surface area contributed by atoms with Crippen LogP contribution in [0.1, 0.15) is 13.3 Å². The second-order valence-electron chi connectivity index (χ2n) is 8.51. The zero-order valence-electron chi connectivity index (χ0n) is 17.9. The van der Waals surface area contributed by atoms with Crippen LogP contribution in [0.15, 0.2) is 35.3 Å². The van der Waals surface area contributed by atoms with E-state index in [0.717, 1.165) is 35.5 Å². The fourth-order valence-corrected chi connectivity index (χ4v) is 4.92. The molecule has 0 aliphatic carbocycles. The van der Waals surface area contributed by atoms with Gasteiger partial charge < -0.3 is 19.3 Å². The van der Waals surface area contributed by atoms with Gasteiger partial charge in [0.25, 0.3) is 0 Å². The Morgan fingerprint density at radius 3 is 2.59 bits per heavy atom. The minimum absolute atomic E-state index is 0.0383. The third-order valence-electron chi connectivity index (χ3n) is 6.50. The summed E-state index contributed by atoms with van der Waals surface area (Å²) in [7, 11) is 0. The van der Waals surface area contributed by atoms with E-state index in [2.05, 4.69) is 9.64 Å². The summed E-state index contributed by atoms with van der Waals surface area (Å²) < 4.78 is 65.0. The number of nitrogens with zero attached hydrogens (tertiary/aromatic N) is 3. The number of piperazine rings is 1. The van der Waals surface area contributed by atoms with E-state index in [-0.39, 0.29) is 23.5 Å². The average Bonchev–Trinajstić information content (AvgIpc) is 3.19. The largest absolute Gasteiger partial charge is 0.511 e. The molecule has 2 bridgehead atoms. The Morgan fingerprint density at radius 2 is 1.88 bits per heavy atom. The number of fused-ring (bicyclic) bond motifs is 3. The molecule has 0 amide bonds. The molecule has 2 aliphatic heterocycles. The van der Waals surface area contributed by atoms with Gasteiger partial charge in [-0.25, -0.2) is 22.4 Å². The van der Waals surface area contributed by atoms with E-state index in [4.69, 9.17) is 5.11 Å². The molecular formula is C23H19F4N3O4. The van der Waals surface area contributed by atoms with Crippen molar-refractivity contribution in [3.63, 3.8) is 0 Å². The van der Waals surface area contributed by atoms with Crippen LogP contribution in [0, 0.1) is 23.3 Å². The van der Waals surface area contributed by atoms with Gasteiger partial charge >= 0.3 is 6.16 Å². The summed E-state index contributed by atoms with van der Waals surface area (Å²) in [6.45, 7) is 3.72. The zero-order valence-corrected chi connectivity index (χ0v) is 17.9. The van der Waals surface area contributed by atoms with Crippen LogP contribution in [0.3, 0.4) is 0 Å². The van der Waals surface area contributed by atoms with Crippen molar-refractivity contribution in [2.24, 2.45) is 0 Å². The first-order chi connectivity index (χ1) is 16.2. The topological polar surface area (TPSA) is 75.0 Å². The SMILES string of the molecule is CC1CN(c2c(F)cc3c(=O)c(OC(=O)O)cn(-c4ccc(F)cc4F)c3c2F)C2CCN1C2. The fraction of sp³-hybridized carbons (Fsp3) is 0.304. The van der Waals surface area contributed by atoms with Crippen LogP contribution in [0.2, 0.25) is 0 Å². The lowest BCUT2D eigenvalue weighted by atomic mass is 10.1. The van der Waals surface area contributed by atoms with Crippen molar-refractivity contribution in [2.45, 2.75) is 25.4 Å². The predicted molar refractivity (Wildman–Crippen MR) is 115 cm³/mol. The van der Waals surface area contributed by atoms with Gasteiger partial charge in [-0.05, 0) is 31.5 Å². The molecule has 3 heterocycles. The third-order valence-corrected chi connectivity index (χ3v) is 6.50. The standard InChI is InChI=1S/C23H19F4N3O4/c1-11-8-29(13-4-5-28(11)9-13)21-16(26)7-14-20(19(21)27)30(10-18(22(14)31)34-23(32)33)17-3-2-12(24)6-15(17)25/h2-3,6-7,10-11,13H,4-5,8-9H2,1H3,(H,32,33). The van der Waals surface area contributed by atoms with E-state index in [0.29, 0.717) is 25.6 Å². The van der Waals surface area contributed by atoms with E-state index in [1.807, 2.05) is 6.92 Å². The molecule has 178 valence electrons. The van der Waals surface area contributed by atoms with Crippen molar-refractivity contribution in [1.29, 1.82) is 0 Å². The molecule has 11 heteroatoms. The maximum atomic E-state index is 16.1. The molecule has 3 aromatic rings. The predicted octanol–water partition coefficient (Wildman–Crippen LogP) is 3.89. The number of carboxylic acid groups (broad SMARTS) is 1. The molecule has 34 heavy (non-hydrogen) atoms. The Kier molecular flexibility index (Phi) is 5.23. The molecule has 1 N–H and O–H groups in total. The van der Waals surface area contributed by atoms with Gasteiger partial charge in [-0.3, -0.25) is 9.69 Å². The van der Waals surface area contributed by atoms with Gasteiger partial charge in [0, 0.05) is 37.8 Å². The Hall–Kier alpha value is -3.60. The molecular weight excluding hydrogens is 458 g/mol. The maximum absolute atomic E-state index is 16.1. The highest BCUT2D eigenvalue weighted by Gasteiger charge is 2.39. The van der Waals surface area contributed by atoms with Crippen LogP contribution in [-0.4, -0.2) is 52.4 Å². The molecule has 2 saturated heterocycles. The van der Waals surface area contributed by atoms with Crippen molar-refractivity contribution < 1.29 is 32.2 Å². The van der Waals surface area contributed by atoms with Crippen molar-refractivity contribution >= 4 is 22.7 Å². The van der Waals surface area contributed by atoms with E-state index in [9.17, 15) is 18.4 Å². The van der Waals surface area contributed by atoms with Crippen LogP contribution >= 0.6 is 0 Å². The zero-order chi connectivity index (χ0) is 24.3. The van der Waals surface area contributed by atoms with Crippen molar-refractivity contribution in [1.82, 2.24) is 9.47 Å². The van der Waals surface area contributed by atoms with Gasteiger partial charge in [-0.2, -0.15) is 0 Å². The van der Waals surface area contributed by atoms with Crippen LogP contribution in [0.5, 0.6) is 5.75 Å². The molecule has 0 spiro atoms. The van der Waals surface area contributed by atoms with Gasteiger partial charge in [0.05, 0.1) is 22.8 Å². The molecule has 3 unspecified atom stereocenters. The summed E-state index contributed by atoms with van der Waals surface area (Å²) in [5.41, 5.74) is -2.29. The minimum atomic E-state index is -1.84. The van der Waals surface area contributed by atoms with Crippen LogP contribution in [-0.2, 0) is 0 Å². The number of benzene rings is 2. The Balaban J connectivity index is 1.81. The highest BCUT2D eigenvalue weighted by molar-refractivity contribution is 5.87. The summed E-state index contributed by atoms with van der Waals surface area (Å²) in [4.78, 5) is 27.8. The summed E-state index contributed by atoms with van der Waals surface area (Å²) in [5.74, 6) is -4.89. The van der Waals surface area contributed by atoms with E-state index in [1.54, 1.807) is 4.90 Å². The second kappa shape index (κ2) is 8.01. The number of ether oxygens (including phenoxy) is 1. The molecule has 7 nitrogen and oxygen atoms in total. The number of rotatable bonds is 3. The minimum Gasteiger partial charge on any atom is -0.449 e. The number of hydrogen-bond acceptors (Lipinski definition) is 5. The Bertz CT molecular complexity index is 1390. The van der Waals surface area contributed by atoms with Crippen molar-refractivity contribution in [3.05, 3.63) is 64.0 Å². The number of hydrogen-bond donors (Lipinski definition) is 1. The number of aromatic nitrogens is 1. The Labute approximate surface area is 190 Å². The highest BCUT2D eigenvalue weighted by atomic mass is 19.1. The quantitative estimate of drug-likeness (QED) is 0.456. The molecule has 5 rings (SSSR count). The van der Waals surface area contributed by atoms with Crippen LogP contribution < -0.4 is 15.1 Å². The molecule has 0 saturated carbocycles. The van der Waals surface area contributed by atoms with Gasteiger partial charge in [0.1, 0.15) is 23.1 Å². The summed E-state index contributed by atoms with van der Waals surface area (Å²) in [6.07, 6.45) is -0.338. The molecule has 3 atom stereocenters. The van der Waals surface area contributed by atoms with Crippen molar-refractivity contribution in [3.8, 4) is 11.4 Å². The smallest absolute Gasteiger partial charge is 0.449 e. The number of anilines is 1. The first-order valence-corrected chi connectivity index (χ1v) is 10.6. The lowest BCUT2D eigenvalue weighted by Crippen LogP contribution is -2.52. The van der Waals surface area contributed by atoms with Gasteiger partial charge in [0.2, 0.25) is 5.43 Å². The van der Waals surface area contributed by atoms with E-state index in [1.165, 1.54) is 0 Å². The van der Waals surface area contributed by atoms with Gasteiger partial charge in [-0.15, -0.1) is 0 Å². The molecule has 1 aromatic heterocycles. The third kappa shape index (κ3) is 3.47.